The number of halogens is 1. The Labute approximate surface area is 128 Å². The molecule has 0 saturated carbocycles. The number of benzene rings is 2. The van der Waals surface area contributed by atoms with E-state index in [1.165, 1.54) is 13.2 Å². The van der Waals surface area contributed by atoms with E-state index in [2.05, 4.69) is 5.32 Å². The third-order valence-corrected chi connectivity index (χ3v) is 3.24. The van der Waals surface area contributed by atoms with E-state index in [0.717, 1.165) is 5.56 Å². The smallest absolute Gasteiger partial charge is 0.253 e. The van der Waals surface area contributed by atoms with Crippen molar-refractivity contribution in [3.63, 3.8) is 0 Å². The van der Waals surface area contributed by atoms with E-state index in [1.807, 2.05) is 6.07 Å². The zero-order valence-electron chi connectivity index (χ0n) is 12.3. The molecule has 1 atom stereocenters. The van der Waals surface area contributed by atoms with E-state index in [-0.39, 0.29) is 19.0 Å². The number of nitrogens with one attached hydrogen (secondary N) is 1. The maximum Gasteiger partial charge on any atom is 0.253 e. The number of aliphatic hydroxyl groups is 1. The summed E-state index contributed by atoms with van der Waals surface area (Å²) in [6.07, 6.45) is -1.22. The van der Waals surface area contributed by atoms with Gasteiger partial charge in [0.15, 0.2) is 6.10 Å². The molecular formula is C17H18FNO3. The summed E-state index contributed by atoms with van der Waals surface area (Å²) in [7, 11) is 1.49. The first kappa shape index (κ1) is 16.1. The minimum absolute atomic E-state index is 0.167. The highest BCUT2D eigenvalue weighted by molar-refractivity contribution is 5.81. The van der Waals surface area contributed by atoms with E-state index in [0.29, 0.717) is 11.1 Å². The summed E-state index contributed by atoms with van der Waals surface area (Å²) in [5, 5.41) is 12.6. The Morgan fingerprint density at radius 2 is 2.00 bits per heavy atom. The lowest BCUT2D eigenvalue weighted by atomic mass is 10.1. The second kappa shape index (κ2) is 7.68. The fourth-order valence-electron chi connectivity index (χ4n) is 2.08. The van der Waals surface area contributed by atoms with Crippen molar-refractivity contribution in [1.82, 2.24) is 5.32 Å². The third kappa shape index (κ3) is 4.13. The number of ether oxygens (including phenoxy) is 1. The van der Waals surface area contributed by atoms with Gasteiger partial charge in [0.2, 0.25) is 0 Å². The zero-order chi connectivity index (χ0) is 15.9. The number of aliphatic hydroxyl groups excluding tert-OH is 1. The second-order valence-corrected chi connectivity index (χ2v) is 4.89. The van der Waals surface area contributed by atoms with Crippen molar-refractivity contribution in [1.29, 1.82) is 0 Å². The third-order valence-electron chi connectivity index (χ3n) is 3.24. The van der Waals surface area contributed by atoms with Gasteiger partial charge in [-0.2, -0.15) is 0 Å². The van der Waals surface area contributed by atoms with Crippen LogP contribution in [-0.4, -0.2) is 18.1 Å². The van der Waals surface area contributed by atoms with Crippen molar-refractivity contribution in [2.75, 3.05) is 7.11 Å². The largest absolute Gasteiger partial charge is 0.380 e. The van der Waals surface area contributed by atoms with Crippen LogP contribution in [0.2, 0.25) is 0 Å². The van der Waals surface area contributed by atoms with Crippen LogP contribution in [0.3, 0.4) is 0 Å². The van der Waals surface area contributed by atoms with Gasteiger partial charge in [-0.1, -0.05) is 36.4 Å². The molecule has 2 N–H and O–H groups in total. The van der Waals surface area contributed by atoms with Gasteiger partial charge in [-0.05, 0) is 23.3 Å². The lowest BCUT2D eigenvalue weighted by Crippen LogP contribution is -2.28. The lowest BCUT2D eigenvalue weighted by Gasteiger charge is -2.12. The quantitative estimate of drug-likeness (QED) is 0.861. The fourth-order valence-corrected chi connectivity index (χ4v) is 2.08. The number of hydrogen-bond donors (Lipinski definition) is 2. The maximum atomic E-state index is 13.5. The molecule has 0 radical (unpaired) electrons. The number of carbonyl (C=O) groups is 1. The minimum atomic E-state index is -1.22. The Hall–Kier alpha value is -2.24. The molecule has 5 heteroatoms. The van der Waals surface area contributed by atoms with Crippen molar-refractivity contribution >= 4 is 5.91 Å². The van der Waals surface area contributed by atoms with Crippen LogP contribution in [0.5, 0.6) is 0 Å². The minimum Gasteiger partial charge on any atom is -0.380 e. The van der Waals surface area contributed by atoms with Crippen molar-refractivity contribution in [3.8, 4) is 0 Å². The SMILES string of the molecule is COCc1cc(CNC(=O)C(O)c2ccccc2)ccc1F. The highest BCUT2D eigenvalue weighted by Crippen LogP contribution is 2.14. The zero-order valence-corrected chi connectivity index (χ0v) is 12.3. The van der Waals surface area contributed by atoms with Crippen LogP contribution in [0.15, 0.2) is 48.5 Å². The summed E-state index contributed by atoms with van der Waals surface area (Å²) in [6.45, 7) is 0.375. The van der Waals surface area contributed by atoms with Crippen LogP contribution in [-0.2, 0) is 22.7 Å². The topological polar surface area (TPSA) is 58.6 Å². The van der Waals surface area contributed by atoms with Crippen LogP contribution in [0.4, 0.5) is 4.39 Å². The molecule has 0 fully saturated rings. The van der Waals surface area contributed by atoms with Gasteiger partial charge < -0.3 is 15.2 Å². The Kier molecular flexibility index (Phi) is 5.63. The maximum absolute atomic E-state index is 13.5. The molecule has 0 bridgehead atoms. The summed E-state index contributed by atoms with van der Waals surface area (Å²) in [5.74, 6) is -0.843. The van der Waals surface area contributed by atoms with Crippen LogP contribution in [0.25, 0.3) is 0 Å². The molecule has 1 unspecified atom stereocenters. The number of hydrogen-bond acceptors (Lipinski definition) is 3. The molecule has 0 aliphatic carbocycles. The molecular weight excluding hydrogens is 285 g/mol. The van der Waals surface area contributed by atoms with E-state index in [4.69, 9.17) is 4.74 Å². The summed E-state index contributed by atoms with van der Waals surface area (Å²) in [4.78, 5) is 11.9. The number of methoxy groups -OCH3 is 1. The van der Waals surface area contributed by atoms with Crippen LogP contribution < -0.4 is 5.32 Å². The fraction of sp³-hybridized carbons (Fsp3) is 0.235. The van der Waals surface area contributed by atoms with E-state index in [9.17, 15) is 14.3 Å². The predicted molar refractivity (Wildman–Crippen MR) is 80.4 cm³/mol. The highest BCUT2D eigenvalue weighted by Gasteiger charge is 2.16. The molecule has 0 heterocycles. The number of carbonyl (C=O) groups excluding carboxylic acids is 1. The van der Waals surface area contributed by atoms with Crippen LogP contribution in [0, 0.1) is 5.82 Å². The summed E-state index contributed by atoms with van der Waals surface area (Å²) < 4.78 is 18.4. The molecule has 0 spiro atoms. The molecule has 22 heavy (non-hydrogen) atoms. The van der Waals surface area contributed by atoms with Crippen molar-refractivity contribution in [2.45, 2.75) is 19.3 Å². The average molecular weight is 303 g/mol. The van der Waals surface area contributed by atoms with Gasteiger partial charge >= 0.3 is 0 Å². The van der Waals surface area contributed by atoms with Gasteiger partial charge in [-0.25, -0.2) is 4.39 Å². The molecule has 2 rings (SSSR count). The molecule has 4 nitrogen and oxygen atoms in total. The van der Waals surface area contributed by atoms with Crippen LogP contribution >= 0.6 is 0 Å². The number of amides is 1. The van der Waals surface area contributed by atoms with Crippen molar-refractivity contribution < 1.29 is 19.0 Å². The van der Waals surface area contributed by atoms with E-state index in [1.54, 1.807) is 36.4 Å². The molecule has 0 aliphatic heterocycles. The van der Waals surface area contributed by atoms with Crippen molar-refractivity contribution in [3.05, 3.63) is 71.0 Å². The predicted octanol–water partition coefficient (Wildman–Crippen LogP) is 2.32. The Bertz CT molecular complexity index is 631. The summed E-state index contributed by atoms with van der Waals surface area (Å²) in [6, 6.07) is 13.2. The van der Waals surface area contributed by atoms with Gasteiger partial charge in [-0.15, -0.1) is 0 Å². The van der Waals surface area contributed by atoms with Gasteiger partial charge in [0.25, 0.3) is 5.91 Å². The summed E-state index contributed by atoms with van der Waals surface area (Å²) >= 11 is 0. The van der Waals surface area contributed by atoms with Gasteiger partial charge in [0, 0.05) is 19.2 Å². The van der Waals surface area contributed by atoms with E-state index < -0.39 is 12.0 Å². The highest BCUT2D eigenvalue weighted by atomic mass is 19.1. The molecule has 116 valence electrons. The van der Waals surface area contributed by atoms with Crippen LogP contribution in [0.1, 0.15) is 22.8 Å². The lowest BCUT2D eigenvalue weighted by molar-refractivity contribution is -0.129. The molecule has 2 aromatic rings. The Morgan fingerprint density at radius 3 is 2.68 bits per heavy atom. The molecule has 2 aromatic carbocycles. The standard InChI is InChI=1S/C17H18FNO3/c1-22-11-14-9-12(7-8-15(14)18)10-19-17(21)16(20)13-5-3-2-4-6-13/h2-9,16,20H,10-11H2,1H3,(H,19,21). The molecule has 0 aliphatic rings. The average Bonchev–Trinajstić information content (AvgIpc) is 2.55. The molecule has 0 aromatic heterocycles. The Morgan fingerprint density at radius 1 is 1.27 bits per heavy atom. The van der Waals surface area contributed by atoms with Gasteiger partial charge in [0.1, 0.15) is 5.82 Å². The first-order chi connectivity index (χ1) is 10.6. The Balaban J connectivity index is 1.98. The number of rotatable bonds is 6. The normalized spacial score (nSPS) is 12.0. The monoisotopic (exact) mass is 303 g/mol. The molecule has 1 amide bonds. The first-order valence-electron chi connectivity index (χ1n) is 6.88. The van der Waals surface area contributed by atoms with Crippen molar-refractivity contribution in [2.24, 2.45) is 0 Å². The second-order valence-electron chi connectivity index (χ2n) is 4.89. The summed E-state index contributed by atoms with van der Waals surface area (Å²) in [5.41, 5.74) is 1.69. The first-order valence-corrected chi connectivity index (χ1v) is 6.88. The van der Waals surface area contributed by atoms with E-state index >= 15 is 0 Å². The molecule has 0 saturated heterocycles. The van der Waals surface area contributed by atoms with Gasteiger partial charge in [-0.3, -0.25) is 4.79 Å². The van der Waals surface area contributed by atoms with Gasteiger partial charge in [0.05, 0.1) is 6.61 Å².